The summed E-state index contributed by atoms with van der Waals surface area (Å²) in [7, 11) is 0. The van der Waals surface area contributed by atoms with Crippen LogP contribution in [0, 0.1) is 0 Å². The lowest BCUT2D eigenvalue weighted by Gasteiger charge is -2.32. The highest BCUT2D eigenvalue weighted by Gasteiger charge is 2.35. The molecule has 0 radical (unpaired) electrons. The maximum atomic E-state index is 6.49. The minimum atomic E-state index is 0.611. The largest absolute Gasteiger partial charge is 0.452 e. The first-order valence-electron chi connectivity index (χ1n) is 43.8. The zero-order valence-electron chi connectivity index (χ0n) is 69.6. The molecule has 12 nitrogen and oxygen atoms in total. The Morgan fingerprint density at radius 2 is 0.438 bits per heavy atom. The maximum absolute atomic E-state index is 6.49. The zero-order chi connectivity index (χ0) is 85.2. The van der Waals surface area contributed by atoms with Gasteiger partial charge in [0.15, 0.2) is 16.7 Å². The number of rotatable bonds is 7. The van der Waals surface area contributed by atoms with Gasteiger partial charge in [0.2, 0.25) is 17.8 Å². The van der Waals surface area contributed by atoms with Crippen molar-refractivity contribution in [3.8, 4) is 78.3 Å². The molecule has 604 valence electrons. The number of anilines is 9. The molecule has 0 saturated carbocycles. The number of benzene rings is 20. The van der Waals surface area contributed by atoms with E-state index in [1.807, 2.05) is 78.9 Å². The first-order chi connectivity index (χ1) is 64.4. The number of furan rings is 3. The second kappa shape index (κ2) is 28.9. The average Bonchev–Trinajstić information content (AvgIpc) is 0.902. The number of hydrogen-bond acceptors (Lipinski definition) is 12. The van der Waals surface area contributed by atoms with Gasteiger partial charge in [0, 0.05) is 65.7 Å². The molecule has 0 saturated heterocycles. The van der Waals surface area contributed by atoms with Gasteiger partial charge >= 0.3 is 0 Å². The first-order valence-corrected chi connectivity index (χ1v) is 43.8. The van der Waals surface area contributed by atoms with Gasteiger partial charge in [0.25, 0.3) is 0 Å². The molecule has 3 aliphatic rings. The van der Waals surface area contributed by atoms with Crippen LogP contribution in [0.5, 0.6) is 0 Å². The molecule has 3 aliphatic heterocycles. The molecule has 0 unspecified atom stereocenters. The molecule has 26 aromatic rings. The van der Waals surface area contributed by atoms with Crippen molar-refractivity contribution in [1.29, 1.82) is 0 Å². The molecule has 6 aromatic heterocycles. The topological polar surface area (TPSA) is 126 Å². The van der Waals surface area contributed by atoms with Gasteiger partial charge in [0.05, 0.1) is 34.1 Å². The molecule has 12 heteroatoms. The Bertz CT molecular complexity index is 9230. The van der Waals surface area contributed by atoms with Gasteiger partial charge in [-0.25, -0.2) is 29.9 Å². The standard InChI is InChI=1S/C42H25N3O.C40H23N3O.C36H21N3O/c1-2-10-26(11-3-1)27-20-22-29(23-21-27)39-41-40(33-16-6-7-19-37(33)46-41)44-42(43-39)45-35-18-9-15-28-14-8-17-32(38(28)35)34-24-30-12-4-5-13-31(30)25-36(34)45;1-2-10-26-21-29(20-19-24(26)9-1)37-39-38(31-15-5-6-18-35(31)44-39)42-40(41-37)43-33-17-8-14-25-13-7-16-30(36(25)33)32-22-27-11-3-4-12-28(27)23-34(32)43;1-2-10-23(11-3-1)33-35-34(27-16-6-7-19-31(27)40-35)38-36(37-33)39-29-18-9-15-22-14-8-17-26(32(22)29)28-20-24-12-4-5-13-25(24)21-30(28)39/h1-25H;1-23H;1-21H. The fraction of sp³-hybridized carbons (Fsp3) is 0. The van der Waals surface area contributed by atoms with E-state index in [-0.39, 0.29) is 0 Å². The molecule has 0 N–H and O–H groups in total. The fourth-order valence-electron chi connectivity index (χ4n) is 20.1. The molecule has 0 aliphatic carbocycles. The van der Waals surface area contributed by atoms with E-state index >= 15 is 0 Å². The Labute approximate surface area is 743 Å². The minimum Gasteiger partial charge on any atom is -0.452 e. The monoisotopic (exact) mass is 1660 g/mol. The highest BCUT2D eigenvalue weighted by atomic mass is 16.3. The van der Waals surface area contributed by atoms with E-state index in [1.54, 1.807) is 0 Å². The number of nitrogens with zero attached hydrogens (tertiary/aromatic N) is 9. The Morgan fingerprint density at radius 3 is 0.815 bits per heavy atom. The van der Waals surface area contributed by atoms with E-state index in [4.69, 9.17) is 43.2 Å². The second-order valence-electron chi connectivity index (χ2n) is 33.5. The van der Waals surface area contributed by atoms with Crippen molar-refractivity contribution >= 4 is 194 Å². The quantitative estimate of drug-likeness (QED) is 0.151. The number of hydrogen-bond donors (Lipinski definition) is 0. The van der Waals surface area contributed by atoms with Crippen molar-refractivity contribution < 1.29 is 13.3 Å². The molecule has 9 heterocycles. The van der Waals surface area contributed by atoms with Crippen LogP contribution in [0.3, 0.4) is 0 Å². The van der Waals surface area contributed by atoms with E-state index in [1.165, 1.54) is 103 Å². The van der Waals surface area contributed by atoms with Gasteiger partial charge in [-0.2, -0.15) is 0 Å². The summed E-state index contributed by atoms with van der Waals surface area (Å²) in [6.07, 6.45) is 0. The van der Waals surface area contributed by atoms with Gasteiger partial charge in [-0.15, -0.1) is 0 Å². The summed E-state index contributed by atoms with van der Waals surface area (Å²) in [5.74, 6) is 1.85. The van der Waals surface area contributed by atoms with E-state index in [0.717, 1.165) is 134 Å². The normalized spacial score (nSPS) is 12.4. The van der Waals surface area contributed by atoms with Crippen LogP contribution in [-0.4, -0.2) is 29.9 Å². The van der Waals surface area contributed by atoms with Crippen LogP contribution in [-0.2, 0) is 0 Å². The molecule has 0 fully saturated rings. The molecule has 130 heavy (non-hydrogen) atoms. The first kappa shape index (κ1) is 72.7. The van der Waals surface area contributed by atoms with Crippen molar-refractivity contribution in [3.05, 3.63) is 419 Å². The van der Waals surface area contributed by atoms with Gasteiger partial charge < -0.3 is 13.3 Å². The lowest BCUT2D eigenvalue weighted by atomic mass is 9.89. The smallest absolute Gasteiger partial charge is 0.236 e. The number of aromatic nitrogens is 6. The molecular weight excluding hydrogens is 1590 g/mol. The van der Waals surface area contributed by atoms with Crippen LogP contribution in [0.4, 0.5) is 52.0 Å². The molecule has 0 spiro atoms. The molecule has 20 aromatic carbocycles. The third-order valence-electron chi connectivity index (χ3n) is 26.1. The molecule has 0 bridgehead atoms. The Balaban J connectivity index is 0.000000101. The predicted octanol–water partition coefficient (Wildman–Crippen LogP) is 32.2. The average molecular weight is 1660 g/mol. The summed E-state index contributed by atoms with van der Waals surface area (Å²) < 4.78 is 19.4. The molecule has 0 atom stereocenters. The Kier molecular flexibility index (Phi) is 16.2. The summed E-state index contributed by atoms with van der Waals surface area (Å²) in [5.41, 5.74) is 28.1. The summed E-state index contributed by atoms with van der Waals surface area (Å²) in [6, 6.07) is 147. The van der Waals surface area contributed by atoms with E-state index in [0.29, 0.717) is 34.6 Å². The van der Waals surface area contributed by atoms with Crippen molar-refractivity contribution in [1.82, 2.24) is 29.9 Å². The SMILES string of the molecule is c1ccc(-c2ccc(-c3nc(N4c5cc6ccccc6cc5-c5cccc6cccc4c56)nc4c3oc3ccccc34)cc2)cc1.c1ccc(-c2nc(N3c4cc5ccccc5cc4-c4cccc5cccc3c45)nc3c2oc2ccccc23)cc1.c1ccc2cc(-c3nc(N4c5cc6ccccc6cc5-c5cccc6cccc4c56)nc4c3oc3ccccc34)ccc2c1. The van der Waals surface area contributed by atoms with E-state index in [2.05, 4.69) is 354 Å². The van der Waals surface area contributed by atoms with Crippen LogP contribution < -0.4 is 14.7 Å². The summed E-state index contributed by atoms with van der Waals surface area (Å²) >= 11 is 0. The Morgan fingerprint density at radius 1 is 0.169 bits per heavy atom. The van der Waals surface area contributed by atoms with E-state index < -0.39 is 0 Å². The molecule has 29 rings (SSSR count). The van der Waals surface area contributed by atoms with Gasteiger partial charge in [-0.3, -0.25) is 14.7 Å². The van der Waals surface area contributed by atoms with Crippen LogP contribution in [0.25, 0.3) is 220 Å². The summed E-state index contributed by atoms with van der Waals surface area (Å²) in [6.45, 7) is 0. The van der Waals surface area contributed by atoms with Crippen LogP contribution in [0.2, 0.25) is 0 Å². The highest BCUT2D eigenvalue weighted by Crippen LogP contribution is 2.57. The van der Waals surface area contributed by atoms with Gasteiger partial charge in [-0.05, 0) is 184 Å². The minimum absolute atomic E-state index is 0.611. The van der Waals surface area contributed by atoms with Gasteiger partial charge in [-0.1, -0.05) is 322 Å². The van der Waals surface area contributed by atoms with Crippen molar-refractivity contribution in [2.75, 3.05) is 14.7 Å². The molecular formula is C118H69N9O3. The Hall–Kier alpha value is -17.7. The lowest BCUT2D eigenvalue weighted by molar-refractivity contribution is 0.667. The highest BCUT2D eigenvalue weighted by molar-refractivity contribution is 6.21. The van der Waals surface area contributed by atoms with Crippen LogP contribution >= 0.6 is 0 Å². The fourth-order valence-corrected chi connectivity index (χ4v) is 20.1. The number of fused-ring (bicyclic) bond motifs is 19. The third-order valence-corrected chi connectivity index (χ3v) is 26.1. The predicted molar refractivity (Wildman–Crippen MR) is 533 cm³/mol. The lowest BCUT2D eigenvalue weighted by Crippen LogP contribution is -2.18. The molecule has 0 amide bonds. The van der Waals surface area contributed by atoms with Crippen LogP contribution in [0.1, 0.15) is 0 Å². The van der Waals surface area contributed by atoms with E-state index in [9.17, 15) is 0 Å². The maximum Gasteiger partial charge on any atom is 0.236 e. The van der Waals surface area contributed by atoms with Crippen molar-refractivity contribution in [2.45, 2.75) is 0 Å². The van der Waals surface area contributed by atoms with Crippen molar-refractivity contribution in [2.24, 2.45) is 0 Å². The van der Waals surface area contributed by atoms with Gasteiger partial charge in [0.1, 0.15) is 50.4 Å². The summed E-state index contributed by atoms with van der Waals surface area (Å²) in [5, 5.41) is 19.6. The van der Waals surface area contributed by atoms with Crippen molar-refractivity contribution in [3.63, 3.8) is 0 Å². The van der Waals surface area contributed by atoms with Crippen LogP contribution in [0.15, 0.2) is 432 Å². The third kappa shape index (κ3) is 11.5. The zero-order valence-corrected chi connectivity index (χ0v) is 69.6. The summed E-state index contributed by atoms with van der Waals surface area (Å²) in [4.78, 5) is 38.5. The number of para-hydroxylation sites is 3. The second-order valence-corrected chi connectivity index (χ2v) is 33.5.